The molecule has 3 rings (SSSR count). The normalized spacial score (nSPS) is 18.9. The van der Waals surface area contributed by atoms with Crippen molar-refractivity contribution in [3.05, 3.63) is 33.8 Å². The molecule has 0 atom stereocenters. The summed E-state index contributed by atoms with van der Waals surface area (Å²) >= 11 is 1.12. The van der Waals surface area contributed by atoms with E-state index in [1.165, 1.54) is 0 Å². The fraction of sp³-hybridized carbons (Fsp3) is 0.542. The van der Waals surface area contributed by atoms with Crippen LogP contribution in [0.2, 0.25) is 0 Å². The van der Waals surface area contributed by atoms with E-state index in [2.05, 4.69) is 23.9 Å². The molecule has 1 aliphatic rings. The molecule has 6 nitrogen and oxygen atoms in total. The van der Waals surface area contributed by atoms with E-state index < -0.39 is 5.97 Å². The molecule has 0 bridgehead atoms. The van der Waals surface area contributed by atoms with Crippen LogP contribution in [0.4, 0.5) is 5.69 Å². The van der Waals surface area contributed by atoms with Crippen molar-refractivity contribution in [3.8, 4) is 11.8 Å². The first-order valence-electron chi connectivity index (χ1n) is 10.7. The van der Waals surface area contributed by atoms with Crippen LogP contribution in [0.25, 0.3) is 0 Å². The molecule has 1 N–H and O–H groups in total. The first-order chi connectivity index (χ1) is 14.5. The number of hydrogen-bond donors (Lipinski definition) is 1. The van der Waals surface area contributed by atoms with Crippen molar-refractivity contribution in [2.24, 2.45) is 24.3 Å². The van der Waals surface area contributed by atoms with Gasteiger partial charge in [-0.05, 0) is 64.5 Å². The molecule has 0 radical (unpaired) electrons. The van der Waals surface area contributed by atoms with Crippen LogP contribution >= 0.6 is 11.3 Å². The topological polar surface area (TPSA) is 75.4 Å². The largest absolute Gasteiger partial charge is 0.477 e. The number of carbonyl (C=O) groups is 2. The molecule has 2 aromatic heterocycles. The van der Waals surface area contributed by atoms with Crippen molar-refractivity contribution < 1.29 is 14.7 Å². The molecule has 1 aliphatic carbocycles. The van der Waals surface area contributed by atoms with E-state index in [0.29, 0.717) is 16.5 Å². The summed E-state index contributed by atoms with van der Waals surface area (Å²) in [7, 11) is 1.83. The van der Waals surface area contributed by atoms with Crippen LogP contribution < -0.4 is 4.90 Å². The number of nitrogens with zero attached hydrogens (tertiary/aromatic N) is 3. The number of aromatic nitrogens is 2. The fourth-order valence-corrected chi connectivity index (χ4v) is 4.62. The number of aryl methyl sites for hydroxylation is 1. The van der Waals surface area contributed by atoms with Crippen molar-refractivity contribution in [3.63, 3.8) is 0 Å². The molecule has 2 heterocycles. The van der Waals surface area contributed by atoms with Gasteiger partial charge in [0.2, 0.25) is 5.91 Å². The molecule has 2 aromatic rings. The minimum atomic E-state index is -1.04. The van der Waals surface area contributed by atoms with Gasteiger partial charge in [-0.1, -0.05) is 18.8 Å². The lowest BCUT2D eigenvalue weighted by molar-refractivity contribution is -0.123. The SMILES string of the molecule is CC1CCC(C(=O)N(Cc2ccn(C)n2)c2cc(C#CC(C)(C)C)sc2C(=O)O)CC1. The zero-order valence-corrected chi connectivity index (χ0v) is 19.8. The average molecular weight is 442 g/mol. The van der Waals surface area contributed by atoms with Crippen LogP contribution in [-0.2, 0) is 18.4 Å². The Bertz CT molecular complexity index is 1010. The number of carbonyl (C=O) groups excluding carboxylic acids is 1. The van der Waals surface area contributed by atoms with Gasteiger partial charge in [0.1, 0.15) is 4.88 Å². The third-order valence-corrected chi connectivity index (χ3v) is 6.51. The van der Waals surface area contributed by atoms with Crippen molar-refractivity contribution >= 4 is 28.9 Å². The Balaban J connectivity index is 2.01. The predicted molar refractivity (Wildman–Crippen MR) is 123 cm³/mol. The summed E-state index contributed by atoms with van der Waals surface area (Å²) in [5, 5.41) is 14.3. The zero-order chi connectivity index (χ0) is 22.8. The van der Waals surface area contributed by atoms with Gasteiger partial charge in [0, 0.05) is 24.6 Å². The maximum absolute atomic E-state index is 13.6. The summed E-state index contributed by atoms with van der Waals surface area (Å²) in [6.45, 7) is 8.48. The van der Waals surface area contributed by atoms with E-state index in [4.69, 9.17) is 0 Å². The quantitative estimate of drug-likeness (QED) is 0.667. The zero-order valence-electron chi connectivity index (χ0n) is 18.9. The van der Waals surface area contributed by atoms with E-state index >= 15 is 0 Å². The molecule has 1 fully saturated rings. The van der Waals surface area contributed by atoms with E-state index in [9.17, 15) is 14.7 Å². The van der Waals surface area contributed by atoms with Crippen molar-refractivity contribution in [2.45, 2.75) is 59.9 Å². The number of carboxylic acid groups (broad SMARTS) is 1. The molecule has 0 unspecified atom stereocenters. The van der Waals surface area contributed by atoms with Crippen molar-refractivity contribution in [1.82, 2.24) is 9.78 Å². The maximum Gasteiger partial charge on any atom is 0.348 e. The molecule has 0 spiro atoms. The number of hydrogen-bond acceptors (Lipinski definition) is 4. The minimum absolute atomic E-state index is 0.0202. The molecule has 0 aliphatic heterocycles. The number of amides is 1. The van der Waals surface area contributed by atoms with Gasteiger partial charge in [0.05, 0.1) is 22.8 Å². The van der Waals surface area contributed by atoms with Crippen LogP contribution in [0.3, 0.4) is 0 Å². The number of rotatable bonds is 5. The van der Waals surface area contributed by atoms with Gasteiger partial charge in [-0.2, -0.15) is 5.10 Å². The molecule has 7 heteroatoms. The van der Waals surface area contributed by atoms with E-state index in [-0.39, 0.29) is 28.7 Å². The summed E-state index contributed by atoms with van der Waals surface area (Å²) in [6.07, 6.45) is 5.53. The van der Waals surface area contributed by atoms with Crippen LogP contribution in [0.15, 0.2) is 18.3 Å². The van der Waals surface area contributed by atoms with E-state index in [1.54, 1.807) is 15.6 Å². The highest BCUT2D eigenvalue weighted by atomic mass is 32.1. The van der Waals surface area contributed by atoms with Gasteiger partial charge in [-0.3, -0.25) is 9.48 Å². The molecule has 0 aromatic carbocycles. The molecular weight excluding hydrogens is 410 g/mol. The summed E-state index contributed by atoms with van der Waals surface area (Å²) < 4.78 is 1.69. The lowest BCUT2D eigenvalue weighted by Crippen LogP contribution is -2.38. The molecule has 1 amide bonds. The molecule has 31 heavy (non-hydrogen) atoms. The first-order valence-corrected chi connectivity index (χ1v) is 11.6. The molecular formula is C24H31N3O3S. The second-order valence-electron chi connectivity index (χ2n) is 9.49. The second-order valence-corrected chi connectivity index (χ2v) is 10.5. The molecule has 166 valence electrons. The summed E-state index contributed by atoms with van der Waals surface area (Å²) in [4.78, 5) is 28.0. The van der Waals surface area contributed by atoms with E-state index in [0.717, 1.165) is 42.7 Å². The number of carboxylic acids is 1. The predicted octanol–water partition coefficient (Wildman–Crippen LogP) is 4.94. The Hall–Kier alpha value is -2.59. The Morgan fingerprint density at radius 2 is 1.97 bits per heavy atom. The Morgan fingerprint density at radius 3 is 2.52 bits per heavy atom. The third-order valence-electron chi connectivity index (χ3n) is 5.48. The van der Waals surface area contributed by atoms with Gasteiger partial charge >= 0.3 is 5.97 Å². The number of thiophene rings is 1. The summed E-state index contributed by atoms with van der Waals surface area (Å²) in [5.41, 5.74) is 0.949. The van der Waals surface area contributed by atoms with Crippen LogP contribution in [-0.4, -0.2) is 26.8 Å². The van der Waals surface area contributed by atoms with Gasteiger partial charge in [0.15, 0.2) is 0 Å². The number of anilines is 1. The average Bonchev–Trinajstić information content (AvgIpc) is 3.30. The van der Waals surface area contributed by atoms with Crippen molar-refractivity contribution in [1.29, 1.82) is 0 Å². The Labute approximate surface area is 188 Å². The summed E-state index contributed by atoms with van der Waals surface area (Å²) in [6, 6.07) is 3.61. The third kappa shape index (κ3) is 5.98. The lowest BCUT2D eigenvalue weighted by Gasteiger charge is -2.30. The molecule has 0 saturated heterocycles. The second kappa shape index (κ2) is 9.27. The fourth-order valence-electron chi connectivity index (χ4n) is 3.76. The standard InChI is InChI=1S/C24H31N3O3S/c1-16-6-8-17(9-7-16)22(28)27(15-18-11-13-26(5)25-18)20-14-19(10-12-24(2,3)4)31-21(20)23(29)30/h11,13-14,16-17H,6-9,15H2,1-5H3,(H,29,30). The Morgan fingerprint density at radius 1 is 1.29 bits per heavy atom. The smallest absolute Gasteiger partial charge is 0.348 e. The van der Waals surface area contributed by atoms with Crippen LogP contribution in [0.1, 0.15) is 73.6 Å². The first kappa shape index (κ1) is 23.1. The van der Waals surface area contributed by atoms with Gasteiger partial charge < -0.3 is 10.0 Å². The van der Waals surface area contributed by atoms with Gasteiger partial charge in [-0.25, -0.2) is 4.79 Å². The highest BCUT2D eigenvalue weighted by Crippen LogP contribution is 2.36. The lowest BCUT2D eigenvalue weighted by atomic mass is 9.82. The van der Waals surface area contributed by atoms with Gasteiger partial charge in [-0.15, -0.1) is 11.3 Å². The van der Waals surface area contributed by atoms with Crippen LogP contribution in [0, 0.1) is 29.1 Å². The van der Waals surface area contributed by atoms with Crippen LogP contribution in [0.5, 0.6) is 0 Å². The highest BCUT2D eigenvalue weighted by molar-refractivity contribution is 7.15. The Kier molecular flexibility index (Phi) is 6.90. The van der Waals surface area contributed by atoms with Crippen molar-refractivity contribution in [2.75, 3.05) is 4.90 Å². The summed E-state index contributed by atoms with van der Waals surface area (Å²) in [5.74, 6) is 5.72. The van der Waals surface area contributed by atoms with Gasteiger partial charge in [0.25, 0.3) is 0 Å². The monoisotopic (exact) mass is 441 g/mol. The maximum atomic E-state index is 13.6. The highest BCUT2D eigenvalue weighted by Gasteiger charge is 2.32. The molecule has 1 saturated carbocycles. The minimum Gasteiger partial charge on any atom is -0.477 e. The van der Waals surface area contributed by atoms with E-state index in [1.807, 2.05) is 40.1 Å². The number of aromatic carboxylic acids is 1.